The van der Waals surface area contributed by atoms with Crippen molar-refractivity contribution in [2.24, 2.45) is 0 Å². The van der Waals surface area contributed by atoms with Gasteiger partial charge in [-0.15, -0.1) is 0 Å². The van der Waals surface area contributed by atoms with Crippen LogP contribution in [0.3, 0.4) is 0 Å². The van der Waals surface area contributed by atoms with Crippen LogP contribution in [0.15, 0.2) is 63.8 Å². The molecule has 0 saturated heterocycles. The average Bonchev–Trinajstić information content (AvgIpc) is 2.61. The van der Waals surface area contributed by atoms with Gasteiger partial charge in [-0.25, -0.2) is 0 Å². The molecule has 25 heavy (non-hydrogen) atoms. The number of ether oxygens (including phenoxy) is 1. The van der Waals surface area contributed by atoms with Crippen LogP contribution in [0.5, 0.6) is 5.75 Å². The molecule has 1 heterocycles. The van der Waals surface area contributed by atoms with Crippen molar-refractivity contribution >= 4 is 23.2 Å². The summed E-state index contributed by atoms with van der Waals surface area (Å²) in [6.07, 6.45) is 0. The molecule has 0 aliphatic rings. The van der Waals surface area contributed by atoms with Crippen LogP contribution < -0.4 is 10.2 Å². The number of nitriles is 1. The largest absolute Gasteiger partial charge is 0.484 e. The summed E-state index contributed by atoms with van der Waals surface area (Å²) in [5.41, 5.74) is 0.216. The summed E-state index contributed by atoms with van der Waals surface area (Å²) in [5.74, 6) is 0.882. The minimum atomic E-state index is -0.423. The van der Waals surface area contributed by atoms with E-state index in [2.05, 4.69) is 0 Å². The van der Waals surface area contributed by atoms with Gasteiger partial charge in [-0.2, -0.15) is 5.26 Å². The summed E-state index contributed by atoms with van der Waals surface area (Å²) in [7, 11) is 0. The van der Waals surface area contributed by atoms with E-state index in [1.807, 2.05) is 36.4 Å². The second-order valence-corrected chi connectivity index (χ2v) is 5.96. The number of benzene rings is 2. The summed E-state index contributed by atoms with van der Waals surface area (Å²) in [6.45, 7) is -0.111. The van der Waals surface area contributed by atoms with E-state index in [9.17, 15) is 10.1 Å². The van der Waals surface area contributed by atoms with Crippen molar-refractivity contribution in [2.45, 2.75) is 6.61 Å². The normalized spacial score (nSPS) is 10.3. The molecule has 0 bridgehead atoms. The summed E-state index contributed by atoms with van der Waals surface area (Å²) in [6, 6.07) is 17.1. The van der Waals surface area contributed by atoms with Crippen molar-refractivity contribution in [1.82, 2.24) is 0 Å². The zero-order valence-electron chi connectivity index (χ0n) is 12.8. The van der Waals surface area contributed by atoms with Crippen LogP contribution in [0.1, 0.15) is 11.3 Å². The number of hydrogen-bond acceptors (Lipinski definition) is 4. The van der Waals surface area contributed by atoms with Gasteiger partial charge >= 0.3 is 0 Å². The molecule has 3 aromatic rings. The van der Waals surface area contributed by atoms with Crippen LogP contribution in [-0.4, -0.2) is 0 Å². The van der Waals surface area contributed by atoms with E-state index in [0.29, 0.717) is 21.6 Å². The van der Waals surface area contributed by atoms with Gasteiger partial charge in [0.1, 0.15) is 29.7 Å². The lowest BCUT2D eigenvalue weighted by molar-refractivity contribution is 0.268. The van der Waals surface area contributed by atoms with Crippen molar-refractivity contribution in [1.29, 1.82) is 5.26 Å². The monoisotopic (exact) mass is 371 g/mol. The highest BCUT2D eigenvalue weighted by molar-refractivity contribution is 6.35. The SMILES string of the molecule is N#Cc1c(COc2ccc(Cl)cc2Cl)oc(-c2ccccc2)cc1=O. The maximum atomic E-state index is 12.2. The summed E-state index contributed by atoms with van der Waals surface area (Å²) in [4.78, 5) is 12.2. The molecule has 6 heteroatoms. The Morgan fingerprint density at radius 3 is 2.52 bits per heavy atom. The minimum Gasteiger partial charge on any atom is -0.484 e. The Balaban J connectivity index is 1.96. The Morgan fingerprint density at radius 2 is 1.84 bits per heavy atom. The maximum absolute atomic E-state index is 12.2. The Morgan fingerprint density at radius 1 is 1.08 bits per heavy atom. The summed E-state index contributed by atoms with van der Waals surface area (Å²) < 4.78 is 11.3. The molecular formula is C19H11Cl2NO3. The summed E-state index contributed by atoms with van der Waals surface area (Å²) in [5, 5.41) is 10.0. The highest BCUT2D eigenvalue weighted by Crippen LogP contribution is 2.29. The van der Waals surface area contributed by atoms with Gasteiger partial charge in [-0.05, 0) is 18.2 Å². The van der Waals surface area contributed by atoms with Gasteiger partial charge in [0.25, 0.3) is 0 Å². The fourth-order valence-electron chi connectivity index (χ4n) is 2.24. The molecule has 0 saturated carbocycles. The van der Waals surface area contributed by atoms with E-state index in [4.69, 9.17) is 32.4 Å². The lowest BCUT2D eigenvalue weighted by Gasteiger charge is -2.10. The number of hydrogen-bond donors (Lipinski definition) is 0. The van der Waals surface area contributed by atoms with E-state index in [1.165, 1.54) is 6.07 Å². The molecule has 0 fully saturated rings. The van der Waals surface area contributed by atoms with Crippen LogP contribution in [-0.2, 0) is 6.61 Å². The topological polar surface area (TPSA) is 63.2 Å². The quantitative estimate of drug-likeness (QED) is 0.642. The summed E-state index contributed by atoms with van der Waals surface area (Å²) >= 11 is 11.9. The lowest BCUT2D eigenvalue weighted by atomic mass is 10.1. The molecule has 0 radical (unpaired) electrons. The Kier molecular flexibility index (Phi) is 5.08. The van der Waals surface area contributed by atoms with E-state index in [0.717, 1.165) is 5.56 Å². The van der Waals surface area contributed by atoms with Crippen molar-refractivity contribution in [3.63, 3.8) is 0 Å². The van der Waals surface area contributed by atoms with E-state index in [-0.39, 0.29) is 17.9 Å². The molecule has 4 nitrogen and oxygen atoms in total. The molecule has 0 aliphatic heterocycles. The molecule has 0 atom stereocenters. The molecule has 0 unspecified atom stereocenters. The first-order valence-corrected chi connectivity index (χ1v) is 8.04. The average molecular weight is 372 g/mol. The molecule has 0 aliphatic carbocycles. The molecule has 0 N–H and O–H groups in total. The van der Waals surface area contributed by atoms with E-state index in [1.54, 1.807) is 18.2 Å². The van der Waals surface area contributed by atoms with Crippen LogP contribution in [0.2, 0.25) is 10.0 Å². The fourth-order valence-corrected chi connectivity index (χ4v) is 2.70. The van der Waals surface area contributed by atoms with Crippen LogP contribution in [0.25, 0.3) is 11.3 Å². The third kappa shape index (κ3) is 3.85. The molecule has 0 spiro atoms. The molecular weight excluding hydrogens is 361 g/mol. The van der Waals surface area contributed by atoms with Gasteiger partial charge in [0.2, 0.25) is 5.43 Å². The predicted octanol–water partition coefficient (Wildman–Crippen LogP) is 5.06. The predicted molar refractivity (Wildman–Crippen MR) is 95.9 cm³/mol. The van der Waals surface area contributed by atoms with Crippen molar-refractivity contribution < 1.29 is 9.15 Å². The van der Waals surface area contributed by atoms with Crippen LogP contribution in [0, 0.1) is 11.3 Å². The van der Waals surface area contributed by atoms with Crippen LogP contribution >= 0.6 is 23.2 Å². The number of nitrogens with zero attached hydrogens (tertiary/aromatic N) is 1. The Bertz CT molecular complexity index is 1010. The van der Waals surface area contributed by atoms with Gasteiger partial charge < -0.3 is 9.15 Å². The first kappa shape index (κ1) is 17.1. The Labute approximate surface area is 153 Å². The van der Waals surface area contributed by atoms with Crippen molar-refractivity contribution in [3.8, 4) is 23.1 Å². The zero-order chi connectivity index (χ0) is 17.8. The Hall–Kier alpha value is -2.74. The molecule has 2 aromatic carbocycles. The first-order chi connectivity index (χ1) is 12.1. The number of halogens is 2. The van der Waals surface area contributed by atoms with E-state index >= 15 is 0 Å². The highest BCUT2D eigenvalue weighted by Gasteiger charge is 2.14. The van der Waals surface area contributed by atoms with Gasteiger partial charge in [-0.1, -0.05) is 53.5 Å². The third-order valence-corrected chi connectivity index (χ3v) is 3.97. The molecule has 1 aromatic heterocycles. The van der Waals surface area contributed by atoms with E-state index < -0.39 is 5.43 Å². The van der Waals surface area contributed by atoms with Gasteiger partial charge in [0, 0.05) is 16.7 Å². The van der Waals surface area contributed by atoms with Crippen LogP contribution in [0.4, 0.5) is 0 Å². The van der Waals surface area contributed by atoms with Gasteiger partial charge in [0.15, 0.2) is 5.76 Å². The fraction of sp³-hybridized carbons (Fsp3) is 0.0526. The molecule has 124 valence electrons. The smallest absolute Gasteiger partial charge is 0.203 e. The third-order valence-electron chi connectivity index (χ3n) is 3.44. The second-order valence-electron chi connectivity index (χ2n) is 5.11. The van der Waals surface area contributed by atoms with Gasteiger partial charge in [0.05, 0.1) is 5.02 Å². The maximum Gasteiger partial charge on any atom is 0.203 e. The second kappa shape index (κ2) is 7.43. The lowest BCUT2D eigenvalue weighted by Crippen LogP contribution is -2.11. The molecule has 3 rings (SSSR count). The van der Waals surface area contributed by atoms with Gasteiger partial charge in [-0.3, -0.25) is 4.79 Å². The highest BCUT2D eigenvalue weighted by atomic mass is 35.5. The standard InChI is InChI=1S/C19H11Cl2NO3/c20-13-6-7-17(15(21)8-13)24-11-19-14(10-22)16(23)9-18(25-19)12-4-2-1-3-5-12/h1-9H,11H2. The zero-order valence-corrected chi connectivity index (χ0v) is 14.3. The first-order valence-electron chi connectivity index (χ1n) is 7.29. The number of rotatable bonds is 4. The minimum absolute atomic E-state index is 0.0928. The molecule has 0 amide bonds. The van der Waals surface area contributed by atoms with Crippen molar-refractivity contribution in [2.75, 3.05) is 0 Å². The van der Waals surface area contributed by atoms with Crippen molar-refractivity contribution in [3.05, 3.63) is 86.2 Å².